The molecule has 0 unspecified atom stereocenters. The summed E-state index contributed by atoms with van der Waals surface area (Å²) in [5, 5.41) is 10.4. The molecule has 3 nitrogen and oxygen atoms in total. The van der Waals surface area contributed by atoms with E-state index < -0.39 is 0 Å². The van der Waals surface area contributed by atoms with Gasteiger partial charge in [-0.05, 0) is 71.3 Å². The van der Waals surface area contributed by atoms with E-state index in [0.29, 0.717) is 0 Å². The van der Waals surface area contributed by atoms with Crippen LogP contribution in [0.2, 0.25) is 0 Å². The monoisotopic (exact) mass is 535 g/mol. The Hall–Kier alpha value is -4.76. The van der Waals surface area contributed by atoms with Gasteiger partial charge >= 0.3 is 0 Å². The SMILES string of the molecule is N#CN=C1c2ccccc2-c2cc(-c3ccc(-c4ccc(N(c5ccccc5)c5ccccc5)s4)s3)ccc21. The molecule has 1 aliphatic carbocycles. The van der Waals surface area contributed by atoms with Gasteiger partial charge in [-0.3, -0.25) is 0 Å². The van der Waals surface area contributed by atoms with E-state index >= 15 is 0 Å². The number of hydrogen-bond acceptors (Lipinski definition) is 5. The summed E-state index contributed by atoms with van der Waals surface area (Å²) in [6.07, 6.45) is 1.98. The van der Waals surface area contributed by atoms with Crippen LogP contribution in [-0.4, -0.2) is 5.71 Å². The predicted octanol–water partition coefficient (Wildman–Crippen LogP) is 9.91. The Bertz CT molecular complexity index is 1840. The van der Waals surface area contributed by atoms with Crippen molar-refractivity contribution in [1.29, 1.82) is 5.26 Å². The van der Waals surface area contributed by atoms with Crippen molar-refractivity contribution in [3.8, 4) is 37.5 Å². The molecule has 184 valence electrons. The molecule has 5 heteroatoms. The summed E-state index contributed by atoms with van der Waals surface area (Å²) < 4.78 is 0. The minimum atomic E-state index is 0.758. The zero-order chi connectivity index (χ0) is 26.2. The number of rotatable bonds is 5. The van der Waals surface area contributed by atoms with Crippen LogP contribution < -0.4 is 4.90 Å². The third-order valence-corrected chi connectivity index (χ3v) is 9.28. The molecule has 0 aliphatic heterocycles. The highest BCUT2D eigenvalue weighted by Crippen LogP contribution is 2.45. The van der Waals surface area contributed by atoms with Crippen molar-refractivity contribution in [2.75, 3.05) is 4.90 Å². The molecule has 0 saturated heterocycles. The maximum absolute atomic E-state index is 9.25. The second kappa shape index (κ2) is 9.85. The fourth-order valence-electron chi connectivity index (χ4n) is 5.13. The third-order valence-electron chi connectivity index (χ3n) is 6.88. The predicted molar refractivity (Wildman–Crippen MR) is 164 cm³/mol. The van der Waals surface area contributed by atoms with Crippen molar-refractivity contribution in [2.24, 2.45) is 4.99 Å². The third kappa shape index (κ3) is 4.17. The molecule has 1 aliphatic rings. The minimum absolute atomic E-state index is 0.758. The molecule has 0 bridgehead atoms. The summed E-state index contributed by atoms with van der Waals surface area (Å²) in [6.45, 7) is 0. The Morgan fingerprint density at radius 3 is 1.85 bits per heavy atom. The molecule has 0 radical (unpaired) electrons. The topological polar surface area (TPSA) is 39.4 Å². The van der Waals surface area contributed by atoms with E-state index in [1.165, 1.54) is 25.2 Å². The molecule has 6 aromatic rings. The Labute approximate surface area is 235 Å². The molecule has 0 spiro atoms. The van der Waals surface area contributed by atoms with Gasteiger partial charge in [0.2, 0.25) is 6.19 Å². The molecule has 0 N–H and O–H groups in total. The lowest BCUT2D eigenvalue weighted by Crippen LogP contribution is -2.07. The van der Waals surface area contributed by atoms with E-state index in [0.717, 1.165) is 39.3 Å². The fraction of sp³-hybridized carbons (Fsp3) is 0. The van der Waals surface area contributed by atoms with Gasteiger partial charge in [-0.15, -0.1) is 22.7 Å². The van der Waals surface area contributed by atoms with Gasteiger partial charge in [0.1, 0.15) is 5.00 Å². The number of nitriles is 1. The standard InChI is InChI=1S/C34H21N3S2/c35-22-36-34-27-14-8-7-13-26(27)29-21-23(15-16-28(29)34)30-17-18-31(38-30)32-19-20-33(39-32)37(24-9-3-1-4-10-24)25-11-5-2-6-12-25/h1-21H. The maximum Gasteiger partial charge on any atom is 0.206 e. The van der Waals surface area contributed by atoms with Crippen molar-refractivity contribution < 1.29 is 0 Å². The lowest BCUT2D eigenvalue weighted by Gasteiger charge is -2.23. The Kier molecular flexibility index (Phi) is 5.90. The molecule has 0 fully saturated rings. The van der Waals surface area contributed by atoms with E-state index in [1.807, 2.05) is 36.5 Å². The number of para-hydroxylation sites is 2. The molecule has 7 rings (SSSR count). The quantitative estimate of drug-likeness (QED) is 0.206. The molecule has 4 aromatic carbocycles. The van der Waals surface area contributed by atoms with Crippen LogP contribution in [0.25, 0.3) is 31.3 Å². The van der Waals surface area contributed by atoms with Crippen molar-refractivity contribution in [3.63, 3.8) is 0 Å². The van der Waals surface area contributed by atoms with Crippen molar-refractivity contribution >= 4 is 44.8 Å². The van der Waals surface area contributed by atoms with E-state index in [-0.39, 0.29) is 0 Å². The summed E-state index contributed by atoms with van der Waals surface area (Å²) in [4.78, 5) is 10.1. The summed E-state index contributed by atoms with van der Waals surface area (Å²) >= 11 is 3.60. The molecule has 2 heterocycles. The summed E-state index contributed by atoms with van der Waals surface area (Å²) in [6, 6.07) is 44.5. The first kappa shape index (κ1) is 23.4. The molecule has 2 aromatic heterocycles. The van der Waals surface area contributed by atoms with Gasteiger partial charge in [-0.25, -0.2) is 0 Å². The number of fused-ring (bicyclic) bond motifs is 3. The lowest BCUT2D eigenvalue weighted by atomic mass is 10.0. The molecule has 0 atom stereocenters. The van der Waals surface area contributed by atoms with E-state index in [9.17, 15) is 5.26 Å². The van der Waals surface area contributed by atoms with Gasteiger partial charge in [0, 0.05) is 37.1 Å². The lowest BCUT2D eigenvalue weighted by molar-refractivity contribution is 1.32. The highest BCUT2D eigenvalue weighted by molar-refractivity contribution is 7.25. The molecular weight excluding hydrogens is 515 g/mol. The zero-order valence-corrected chi connectivity index (χ0v) is 22.4. The second-order valence-electron chi connectivity index (χ2n) is 9.17. The number of anilines is 3. The summed E-state index contributed by atoms with van der Waals surface area (Å²) in [7, 11) is 0. The average molecular weight is 536 g/mol. The summed E-state index contributed by atoms with van der Waals surface area (Å²) in [5.41, 5.74) is 8.51. The maximum atomic E-state index is 9.25. The first-order valence-electron chi connectivity index (χ1n) is 12.6. The Morgan fingerprint density at radius 2 is 1.13 bits per heavy atom. The first-order chi connectivity index (χ1) is 19.3. The van der Waals surface area contributed by atoms with Crippen LogP contribution in [-0.2, 0) is 0 Å². The highest BCUT2D eigenvalue weighted by Gasteiger charge is 2.25. The van der Waals surface area contributed by atoms with Crippen molar-refractivity contribution in [1.82, 2.24) is 0 Å². The molecule has 0 amide bonds. The molecule has 0 saturated carbocycles. The van der Waals surface area contributed by atoms with Crippen LogP contribution in [0.4, 0.5) is 16.4 Å². The normalized spacial score (nSPS) is 12.6. The van der Waals surface area contributed by atoms with Crippen molar-refractivity contribution in [2.45, 2.75) is 0 Å². The van der Waals surface area contributed by atoms with Crippen LogP contribution in [0.1, 0.15) is 11.1 Å². The van der Waals surface area contributed by atoms with E-state index in [2.05, 4.69) is 107 Å². The number of hydrogen-bond donors (Lipinski definition) is 0. The van der Waals surface area contributed by atoms with Gasteiger partial charge in [0.25, 0.3) is 0 Å². The van der Waals surface area contributed by atoms with E-state index in [1.54, 1.807) is 22.7 Å². The van der Waals surface area contributed by atoms with Gasteiger partial charge in [0.15, 0.2) is 0 Å². The van der Waals surface area contributed by atoms with Crippen molar-refractivity contribution in [3.05, 3.63) is 139 Å². The number of thiophene rings is 2. The Balaban J connectivity index is 1.24. The van der Waals surface area contributed by atoms with Crippen LogP contribution in [0, 0.1) is 11.5 Å². The van der Waals surface area contributed by atoms with Gasteiger partial charge in [-0.1, -0.05) is 72.8 Å². The number of benzene rings is 4. The van der Waals surface area contributed by atoms with Gasteiger partial charge in [0.05, 0.1) is 5.71 Å². The smallest absolute Gasteiger partial charge is 0.206 e. The molecule has 39 heavy (non-hydrogen) atoms. The Morgan fingerprint density at radius 1 is 0.538 bits per heavy atom. The average Bonchev–Trinajstić information content (AvgIpc) is 3.73. The van der Waals surface area contributed by atoms with E-state index in [4.69, 9.17) is 0 Å². The number of nitrogens with zero attached hydrogens (tertiary/aromatic N) is 3. The zero-order valence-electron chi connectivity index (χ0n) is 20.8. The second-order valence-corrected chi connectivity index (χ2v) is 11.3. The largest absolute Gasteiger partial charge is 0.302 e. The van der Waals surface area contributed by atoms with Crippen LogP contribution in [0.5, 0.6) is 0 Å². The van der Waals surface area contributed by atoms with Gasteiger partial charge in [-0.2, -0.15) is 10.3 Å². The highest BCUT2D eigenvalue weighted by atomic mass is 32.1. The molecular formula is C34H21N3S2. The minimum Gasteiger partial charge on any atom is -0.302 e. The fourth-order valence-corrected chi connectivity index (χ4v) is 7.27. The van der Waals surface area contributed by atoms with Crippen LogP contribution in [0.15, 0.2) is 132 Å². The van der Waals surface area contributed by atoms with Crippen LogP contribution >= 0.6 is 22.7 Å². The summed E-state index contributed by atoms with van der Waals surface area (Å²) in [5.74, 6) is 0. The van der Waals surface area contributed by atoms with Crippen LogP contribution in [0.3, 0.4) is 0 Å². The first-order valence-corrected chi connectivity index (χ1v) is 14.2. The van der Waals surface area contributed by atoms with Gasteiger partial charge < -0.3 is 4.90 Å². The number of aliphatic imine (C=N–C) groups is 1.